The van der Waals surface area contributed by atoms with Gasteiger partial charge in [-0.25, -0.2) is 4.98 Å². The number of hydrogen-bond donors (Lipinski definition) is 3. The average molecular weight is 324 g/mol. The van der Waals surface area contributed by atoms with Crippen molar-refractivity contribution in [1.82, 2.24) is 9.97 Å². The Morgan fingerprint density at radius 2 is 1.44 bits per heavy atom. The van der Waals surface area contributed by atoms with E-state index in [1.807, 2.05) is 42.5 Å². The normalized spacial score (nSPS) is 11.5. The van der Waals surface area contributed by atoms with Crippen LogP contribution in [-0.2, 0) is 0 Å². The zero-order valence-electron chi connectivity index (χ0n) is 13.5. The third kappa shape index (κ3) is 2.11. The summed E-state index contributed by atoms with van der Waals surface area (Å²) < 4.78 is 0. The van der Waals surface area contributed by atoms with Crippen molar-refractivity contribution in [1.29, 1.82) is 0 Å². The van der Waals surface area contributed by atoms with Crippen molar-refractivity contribution in [3.63, 3.8) is 0 Å². The number of nitrogens with zero attached hydrogens (tertiary/aromatic N) is 1. The second-order valence-corrected chi connectivity index (χ2v) is 6.31. The highest BCUT2D eigenvalue weighted by Crippen LogP contribution is 2.32. The Morgan fingerprint density at radius 1 is 0.720 bits per heavy atom. The molecule has 0 unspecified atom stereocenters. The number of aromatic nitrogens is 2. The van der Waals surface area contributed by atoms with Crippen molar-refractivity contribution in [2.45, 2.75) is 0 Å². The first-order chi connectivity index (χ1) is 12.2. The number of nitrogens with two attached hydrogens (primary N) is 2. The van der Waals surface area contributed by atoms with E-state index in [1.54, 1.807) is 0 Å². The molecule has 4 aromatic carbocycles. The molecule has 25 heavy (non-hydrogen) atoms. The van der Waals surface area contributed by atoms with Gasteiger partial charge in [-0.05, 0) is 46.5 Å². The maximum absolute atomic E-state index is 5.91. The molecule has 0 amide bonds. The van der Waals surface area contributed by atoms with Crippen molar-refractivity contribution in [2.24, 2.45) is 0 Å². The standard InChI is InChI=1S/C21H16N4/c22-14-5-7-16-12(10-14)2-1-3-18(16)21-24-19-9-4-13-11-15(23)6-8-17(13)20(19)25-21/h1-11H,22-23H2,(H,24,25). The van der Waals surface area contributed by atoms with E-state index in [9.17, 15) is 0 Å². The number of fused-ring (bicyclic) bond motifs is 4. The minimum absolute atomic E-state index is 0.759. The summed E-state index contributed by atoms with van der Waals surface area (Å²) in [5.41, 5.74) is 16.4. The Hall–Kier alpha value is -3.53. The van der Waals surface area contributed by atoms with Gasteiger partial charge in [0.05, 0.1) is 11.0 Å². The van der Waals surface area contributed by atoms with Gasteiger partial charge in [-0.15, -0.1) is 0 Å². The summed E-state index contributed by atoms with van der Waals surface area (Å²) in [7, 11) is 0. The van der Waals surface area contributed by atoms with Gasteiger partial charge in [-0.2, -0.15) is 0 Å². The van der Waals surface area contributed by atoms with Crippen molar-refractivity contribution >= 4 is 44.0 Å². The summed E-state index contributed by atoms with van der Waals surface area (Å²) >= 11 is 0. The predicted octanol–water partition coefficient (Wildman–Crippen LogP) is 4.70. The number of rotatable bonds is 1. The van der Waals surface area contributed by atoms with Crippen LogP contribution in [0.4, 0.5) is 11.4 Å². The lowest BCUT2D eigenvalue weighted by molar-refractivity contribution is 1.35. The summed E-state index contributed by atoms with van der Waals surface area (Å²) in [5, 5.41) is 4.43. The van der Waals surface area contributed by atoms with E-state index in [-0.39, 0.29) is 0 Å². The summed E-state index contributed by atoms with van der Waals surface area (Å²) in [6.45, 7) is 0. The molecule has 120 valence electrons. The first kappa shape index (κ1) is 13.9. The molecule has 4 heteroatoms. The molecule has 5 aromatic rings. The fraction of sp³-hybridized carbons (Fsp3) is 0. The fourth-order valence-electron chi connectivity index (χ4n) is 3.46. The molecule has 0 saturated heterocycles. The van der Waals surface area contributed by atoms with Gasteiger partial charge < -0.3 is 16.5 Å². The summed E-state index contributed by atoms with van der Waals surface area (Å²) in [5.74, 6) is 0.856. The molecule has 1 aromatic heterocycles. The molecular weight excluding hydrogens is 308 g/mol. The van der Waals surface area contributed by atoms with E-state index in [0.717, 1.165) is 55.3 Å². The highest BCUT2D eigenvalue weighted by Gasteiger charge is 2.11. The number of nitrogen functional groups attached to an aromatic ring is 2. The van der Waals surface area contributed by atoms with Gasteiger partial charge in [0.25, 0.3) is 0 Å². The van der Waals surface area contributed by atoms with E-state index in [2.05, 4.69) is 29.2 Å². The molecule has 5 N–H and O–H groups in total. The molecule has 0 aliphatic rings. The number of nitrogens with one attached hydrogen (secondary N) is 1. The molecule has 0 spiro atoms. The van der Waals surface area contributed by atoms with Crippen LogP contribution in [0.2, 0.25) is 0 Å². The second kappa shape index (κ2) is 4.98. The number of imidazole rings is 1. The number of aromatic amines is 1. The highest BCUT2D eigenvalue weighted by molar-refractivity contribution is 6.07. The maximum atomic E-state index is 5.91. The van der Waals surface area contributed by atoms with E-state index in [4.69, 9.17) is 16.5 Å². The van der Waals surface area contributed by atoms with Crippen LogP contribution in [0.3, 0.4) is 0 Å². The quantitative estimate of drug-likeness (QED) is 0.391. The molecule has 0 fully saturated rings. The van der Waals surface area contributed by atoms with Crippen LogP contribution in [-0.4, -0.2) is 9.97 Å². The maximum Gasteiger partial charge on any atom is 0.139 e. The molecule has 0 radical (unpaired) electrons. The van der Waals surface area contributed by atoms with Gasteiger partial charge in [-0.3, -0.25) is 0 Å². The van der Waals surface area contributed by atoms with Crippen LogP contribution in [0, 0.1) is 0 Å². The van der Waals surface area contributed by atoms with Crippen molar-refractivity contribution < 1.29 is 0 Å². The minimum atomic E-state index is 0.759. The van der Waals surface area contributed by atoms with Crippen LogP contribution in [0.1, 0.15) is 0 Å². The zero-order valence-corrected chi connectivity index (χ0v) is 13.5. The lowest BCUT2D eigenvalue weighted by atomic mass is 10.0. The predicted molar refractivity (Wildman–Crippen MR) is 105 cm³/mol. The van der Waals surface area contributed by atoms with Crippen molar-refractivity contribution in [3.05, 3.63) is 66.7 Å². The first-order valence-corrected chi connectivity index (χ1v) is 8.16. The van der Waals surface area contributed by atoms with E-state index in [0.29, 0.717) is 0 Å². The van der Waals surface area contributed by atoms with Gasteiger partial charge in [0, 0.05) is 22.3 Å². The van der Waals surface area contributed by atoms with Gasteiger partial charge >= 0.3 is 0 Å². The van der Waals surface area contributed by atoms with E-state index >= 15 is 0 Å². The topological polar surface area (TPSA) is 80.7 Å². The zero-order chi connectivity index (χ0) is 17.0. The molecule has 0 aliphatic carbocycles. The van der Waals surface area contributed by atoms with Crippen LogP contribution < -0.4 is 11.5 Å². The molecule has 5 rings (SSSR count). The lowest BCUT2D eigenvalue weighted by Crippen LogP contribution is -1.87. The van der Waals surface area contributed by atoms with Crippen LogP contribution in [0.25, 0.3) is 44.0 Å². The molecular formula is C21H16N4. The van der Waals surface area contributed by atoms with Gasteiger partial charge in [0.2, 0.25) is 0 Å². The monoisotopic (exact) mass is 324 g/mol. The van der Waals surface area contributed by atoms with Crippen molar-refractivity contribution in [2.75, 3.05) is 11.5 Å². The Kier molecular flexibility index (Phi) is 2.76. The third-order valence-corrected chi connectivity index (χ3v) is 4.65. The molecule has 1 heterocycles. The first-order valence-electron chi connectivity index (χ1n) is 8.16. The van der Waals surface area contributed by atoms with Gasteiger partial charge in [-0.1, -0.05) is 36.4 Å². The number of hydrogen-bond acceptors (Lipinski definition) is 3. The van der Waals surface area contributed by atoms with Crippen LogP contribution in [0.15, 0.2) is 66.7 Å². The van der Waals surface area contributed by atoms with Gasteiger partial charge in [0.15, 0.2) is 0 Å². The molecule has 0 saturated carbocycles. The fourth-order valence-corrected chi connectivity index (χ4v) is 3.46. The Morgan fingerprint density at radius 3 is 2.24 bits per heavy atom. The van der Waals surface area contributed by atoms with Crippen molar-refractivity contribution in [3.8, 4) is 11.4 Å². The summed E-state index contributed by atoms with van der Waals surface area (Å²) in [6, 6.07) is 22.2. The Balaban J connectivity index is 1.80. The summed E-state index contributed by atoms with van der Waals surface area (Å²) in [6.07, 6.45) is 0. The SMILES string of the molecule is Nc1ccc2c(-c3nc4c(ccc5cc(N)ccc54)[nH]3)cccc2c1. The number of benzene rings is 4. The Labute approximate surface area is 144 Å². The minimum Gasteiger partial charge on any atom is -0.399 e. The average Bonchev–Trinajstić information content (AvgIpc) is 3.05. The lowest BCUT2D eigenvalue weighted by Gasteiger charge is -2.04. The third-order valence-electron chi connectivity index (χ3n) is 4.65. The molecule has 0 aliphatic heterocycles. The summed E-state index contributed by atoms with van der Waals surface area (Å²) in [4.78, 5) is 8.34. The number of anilines is 2. The van der Waals surface area contributed by atoms with Crippen LogP contribution >= 0.6 is 0 Å². The molecule has 4 nitrogen and oxygen atoms in total. The van der Waals surface area contributed by atoms with E-state index in [1.165, 1.54) is 0 Å². The highest BCUT2D eigenvalue weighted by atomic mass is 14.9. The molecule has 0 atom stereocenters. The van der Waals surface area contributed by atoms with Crippen LogP contribution in [0.5, 0.6) is 0 Å². The Bertz CT molecular complexity index is 1270. The molecule has 0 bridgehead atoms. The largest absolute Gasteiger partial charge is 0.399 e. The second-order valence-electron chi connectivity index (χ2n) is 6.31. The van der Waals surface area contributed by atoms with E-state index < -0.39 is 0 Å². The van der Waals surface area contributed by atoms with Gasteiger partial charge in [0.1, 0.15) is 5.82 Å². The number of H-pyrrole nitrogens is 1. The smallest absolute Gasteiger partial charge is 0.139 e.